The Balaban J connectivity index is 2.11. The fraction of sp³-hybridized carbons (Fsp3) is 0.238. The molecule has 0 fully saturated rings. The lowest BCUT2D eigenvalue weighted by molar-refractivity contribution is -0.146. The number of rotatable bonds is 7. The van der Waals surface area contributed by atoms with E-state index in [9.17, 15) is 19.2 Å². The standard InChI is InChI=1S/C21H21NO7/c1-13(21(26)27-12-16-8-5-4-6-9-16)22-20(25)17-10-7-11-18(28-14(2)23)19(17)29-15(3)24/h4-11,13H,12H2,1-3H3,(H,22,25)/t13-/m0/s1. The Morgan fingerprint density at radius 3 is 2.17 bits per heavy atom. The van der Waals surface area contributed by atoms with E-state index in [-0.39, 0.29) is 23.7 Å². The molecule has 0 unspecified atom stereocenters. The van der Waals surface area contributed by atoms with Crippen molar-refractivity contribution >= 4 is 23.8 Å². The van der Waals surface area contributed by atoms with E-state index in [0.29, 0.717) is 0 Å². The van der Waals surface area contributed by atoms with Gasteiger partial charge in [0, 0.05) is 13.8 Å². The summed E-state index contributed by atoms with van der Waals surface area (Å²) >= 11 is 0. The molecule has 0 saturated heterocycles. The zero-order valence-electron chi connectivity index (χ0n) is 16.3. The highest BCUT2D eigenvalue weighted by atomic mass is 16.6. The zero-order valence-corrected chi connectivity index (χ0v) is 16.3. The summed E-state index contributed by atoms with van der Waals surface area (Å²) in [5.74, 6) is -2.97. The molecular formula is C21H21NO7. The van der Waals surface area contributed by atoms with Crippen LogP contribution in [-0.2, 0) is 25.7 Å². The molecule has 0 bridgehead atoms. The average molecular weight is 399 g/mol. The van der Waals surface area contributed by atoms with E-state index in [1.807, 2.05) is 30.3 Å². The molecule has 0 spiro atoms. The highest BCUT2D eigenvalue weighted by Crippen LogP contribution is 2.31. The van der Waals surface area contributed by atoms with Crippen molar-refractivity contribution in [3.8, 4) is 11.5 Å². The van der Waals surface area contributed by atoms with Crippen molar-refractivity contribution in [1.82, 2.24) is 5.32 Å². The number of hydrogen-bond acceptors (Lipinski definition) is 7. The van der Waals surface area contributed by atoms with Crippen LogP contribution < -0.4 is 14.8 Å². The van der Waals surface area contributed by atoms with Gasteiger partial charge in [0.05, 0.1) is 5.56 Å². The van der Waals surface area contributed by atoms with Gasteiger partial charge in [0.25, 0.3) is 5.91 Å². The van der Waals surface area contributed by atoms with Gasteiger partial charge in [0.2, 0.25) is 0 Å². The molecular weight excluding hydrogens is 378 g/mol. The number of amides is 1. The number of para-hydroxylation sites is 1. The van der Waals surface area contributed by atoms with Crippen molar-refractivity contribution in [3.05, 3.63) is 59.7 Å². The molecule has 0 aliphatic carbocycles. The predicted octanol–water partition coefficient (Wildman–Crippen LogP) is 2.40. The van der Waals surface area contributed by atoms with E-state index in [1.54, 1.807) is 0 Å². The fourth-order valence-electron chi connectivity index (χ4n) is 2.37. The monoisotopic (exact) mass is 399 g/mol. The van der Waals surface area contributed by atoms with Gasteiger partial charge in [-0.05, 0) is 24.6 Å². The number of nitrogens with one attached hydrogen (secondary N) is 1. The summed E-state index contributed by atoms with van der Waals surface area (Å²) in [5.41, 5.74) is 0.743. The summed E-state index contributed by atoms with van der Waals surface area (Å²) in [6.07, 6.45) is 0. The first kappa shape index (κ1) is 21.6. The van der Waals surface area contributed by atoms with Crippen LogP contribution in [0.3, 0.4) is 0 Å². The molecule has 1 amide bonds. The van der Waals surface area contributed by atoms with Crippen LogP contribution in [0.1, 0.15) is 36.7 Å². The number of esters is 3. The summed E-state index contributed by atoms with van der Waals surface area (Å²) in [7, 11) is 0. The third-order valence-corrected chi connectivity index (χ3v) is 3.65. The average Bonchev–Trinajstić information content (AvgIpc) is 2.67. The Bertz CT molecular complexity index is 909. The van der Waals surface area contributed by atoms with Gasteiger partial charge in [-0.1, -0.05) is 36.4 Å². The lowest BCUT2D eigenvalue weighted by Crippen LogP contribution is -2.39. The van der Waals surface area contributed by atoms with Gasteiger partial charge in [-0.2, -0.15) is 0 Å². The molecule has 1 N–H and O–H groups in total. The van der Waals surface area contributed by atoms with Crippen LogP contribution in [0.5, 0.6) is 11.5 Å². The van der Waals surface area contributed by atoms with Gasteiger partial charge in [0.1, 0.15) is 12.6 Å². The van der Waals surface area contributed by atoms with Crippen LogP contribution in [0, 0.1) is 0 Å². The number of carbonyl (C=O) groups is 4. The zero-order chi connectivity index (χ0) is 21.4. The normalized spacial score (nSPS) is 11.1. The summed E-state index contributed by atoms with van der Waals surface area (Å²) < 4.78 is 15.2. The number of hydrogen-bond donors (Lipinski definition) is 1. The van der Waals surface area contributed by atoms with Gasteiger partial charge in [-0.15, -0.1) is 0 Å². The summed E-state index contributed by atoms with van der Waals surface area (Å²) in [6, 6.07) is 12.4. The van der Waals surface area contributed by atoms with E-state index in [1.165, 1.54) is 32.0 Å². The second kappa shape index (κ2) is 10.0. The van der Waals surface area contributed by atoms with Gasteiger partial charge in [-0.3, -0.25) is 14.4 Å². The molecule has 2 rings (SSSR count). The van der Waals surface area contributed by atoms with Crippen LogP contribution in [0.2, 0.25) is 0 Å². The maximum atomic E-state index is 12.6. The quantitative estimate of drug-likeness (QED) is 0.562. The Hall–Kier alpha value is -3.68. The first-order valence-corrected chi connectivity index (χ1v) is 8.79. The molecule has 0 heterocycles. The molecule has 0 radical (unpaired) electrons. The lowest BCUT2D eigenvalue weighted by Gasteiger charge is -2.16. The SMILES string of the molecule is CC(=O)Oc1cccc(C(=O)N[C@@H](C)C(=O)OCc2ccccc2)c1OC(C)=O. The minimum Gasteiger partial charge on any atom is -0.459 e. The van der Waals surface area contributed by atoms with Crippen molar-refractivity contribution in [2.24, 2.45) is 0 Å². The lowest BCUT2D eigenvalue weighted by atomic mass is 10.1. The fourth-order valence-corrected chi connectivity index (χ4v) is 2.37. The van der Waals surface area contributed by atoms with Crippen molar-refractivity contribution in [3.63, 3.8) is 0 Å². The largest absolute Gasteiger partial charge is 0.459 e. The minimum atomic E-state index is -0.964. The molecule has 2 aromatic rings. The third kappa shape index (κ3) is 6.46. The minimum absolute atomic E-state index is 0.0679. The molecule has 0 saturated carbocycles. The second-order valence-corrected chi connectivity index (χ2v) is 6.11. The Kier molecular flexibility index (Phi) is 7.47. The third-order valence-electron chi connectivity index (χ3n) is 3.65. The molecule has 1 atom stereocenters. The number of carbonyl (C=O) groups excluding carboxylic acids is 4. The first-order chi connectivity index (χ1) is 13.8. The van der Waals surface area contributed by atoms with Crippen molar-refractivity contribution < 1.29 is 33.4 Å². The smallest absolute Gasteiger partial charge is 0.328 e. The van der Waals surface area contributed by atoms with Crippen molar-refractivity contribution in [1.29, 1.82) is 0 Å². The van der Waals surface area contributed by atoms with Crippen molar-refractivity contribution in [2.45, 2.75) is 33.4 Å². The van der Waals surface area contributed by atoms with Gasteiger partial charge >= 0.3 is 17.9 Å². The van der Waals surface area contributed by atoms with E-state index >= 15 is 0 Å². The Labute approximate surface area is 167 Å². The van der Waals surface area contributed by atoms with Crippen molar-refractivity contribution in [2.75, 3.05) is 0 Å². The van der Waals surface area contributed by atoms with E-state index < -0.39 is 29.9 Å². The predicted molar refractivity (Wildman–Crippen MR) is 102 cm³/mol. The first-order valence-electron chi connectivity index (χ1n) is 8.79. The Morgan fingerprint density at radius 1 is 0.897 bits per heavy atom. The molecule has 0 aliphatic rings. The Morgan fingerprint density at radius 2 is 1.55 bits per heavy atom. The highest BCUT2D eigenvalue weighted by molar-refractivity contribution is 6.00. The number of ether oxygens (including phenoxy) is 3. The molecule has 2 aromatic carbocycles. The summed E-state index contributed by atoms with van der Waals surface area (Å²) in [6.45, 7) is 3.86. The molecule has 29 heavy (non-hydrogen) atoms. The maximum Gasteiger partial charge on any atom is 0.328 e. The van der Waals surface area contributed by atoms with Gasteiger partial charge in [-0.25, -0.2) is 4.79 Å². The van der Waals surface area contributed by atoms with E-state index in [4.69, 9.17) is 14.2 Å². The molecule has 8 nitrogen and oxygen atoms in total. The van der Waals surface area contributed by atoms with E-state index in [0.717, 1.165) is 12.5 Å². The molecule has 152 valence electrons. The summed E-state index contributed by atoms with van der Waals surface area (Å²) in [4.78, 5) is 47.5. The molecule has 0 aliphatic heterocycles. The number of benzene rings is 2. The highest BCUT2D eigenvalue weighted by Gasteiger charge is 2.24. The van der Waals surface area contributed by atoms with E-state index in [2.05, 4.69) is 5.32 Å². The molecule has 8 heteroatoms. The van der Waals surface area contributed by atoms with Crippen LogP contribution in [0.25, 0.3) is 0 Å². The van der Waals surface area contributed by atoms with Gasteiger partial charge in [0.15, 0.2) is 11.5 Å². The van der Waals surface area contributed by atoms with Crippen LogP contribution in [-0.4, -0.2) is 29.9 Å². The van der Waals surface area contributed by atoms with Crippen LogP contribution in [0.15, 0.2) is 48.5 Å². The topological polar surface area (TPSA) is 108 Å². The summed E-state index contributed by atoms with van der Waals surface area (Å²) in [5, 5.41) is 2.48. The maximum absolute atomic E-state index is 12.6. The van der Waals surface area contributed by atoms with Crippen LogP contribution in [0.4, 0.5) is 0 Å². The molecule has 0 aromatic heterocycles. The second-order valence-electron chi connectivity index (χ2n) is 6.11. The van der Waals surface area contributed by atoms with Gasteiger partial charge < -0.3 is 19.5 Å². The van der Waals surface area contributed by atoms with Crippen LogP contribution >= 0.6 is 0 Å².